The van der Waals surface area contributed by atoms with Gasteiger partial charge in [0.1, 0.15) is 12.8 Å². The lowest BCUT2D eigenvalue weighted by Gasteiger charge is -2.11. The normalized spacial score (nSPS) is 11.6. The highest BCUT2D eigenvalue weighted by Gasteiger charge is 2.23. The van der Waals surface area contributed by atoms with Gasteiger partial charge in [0, 0.05) is 16.2 Å². The van der Waals surface area contributed by atoms with E-state index in [0.717, 1.165) is 16.3 Å². The van der Waals surface area contributed by atoms with Crippen LogP contribution in [0, 0.1) is 5.82 Å². The largest absolute Gasteiger partial charge is 0.507 e. The number of aromatic nitrogens is 1. The quantitative estimate of drug-likeness (QED) is 0.479. The van der Waals surface area contributed by atoms with Crippen molar-refractivity contribution < 1.29 is 14.1 Å². The van der Waals surface area contributed by atoms with E-state index in [9.17, 15) is 5.11 Å². The SMILES string of the molecule is CC(C)c1ccc2c[n+](C)c(-c3cccc4cccc(O)c34)c(F)c2c1. The molecule has 1 heterocycles. The van der Waals surface area contributed by atoms with Crippen molar-refractivity contribution in [1.82, 2.24) is 0 Å². The van der Waals surface area contributed by atoms with Gasteiger partial charge in [-0.15, -0.1) is 0 Å². The van der Waals surface area contributed by atoms with Crippen molar-refractivity contribution in [2.24, 2.45) is 7.05 Å². The minimum absolute atomic E-state index is 0.161. The van der Waals surface area contributed by atoms with Gasteiger partial charge in [0.2, 0.25) is 11.5 Å². The number of aryl methyl sites for hydroxylation is 1. The Kier molecular flexibility index (Phi) is 3.87. The molecule has 4 rings (SSSR count). The molecule has 0 spiro atoms. The smallest absolute Gasteiger partial charge is 0.249 e. The first-order valence-electron chi connectivity index (χ1n) is 8.80. The maximum absolute atomic E-state index is 15.6. The lowest BCUT2D eigenvalue weighted by molar-refractivity contribution is -0.660. The van der Waals surface area contributed by atoms with Gasteiger partial charge in [-0.2, -0.15) is 8.96 Å². The van der Waals surface area contributed by atoms with Gasteiger partial charge in [-0.05, 0) is 41.1 Å². The van der Waals surface area contributed by atoms with Crippen LogP contribution >= 0.6 is 0 Å². The van der Waals surface area contributed by atoms with Crippen LogP contribution in [0.3, 0.4) is 0 Å². The van der Waals surface area contributed by atoms with E-state index in [0.29, 0.717) is 27.9 Å². The number of phenolic OH excluding ortho intramolecular Hbond substituents is 1. The molecule has 0 saturated heterocycles. The van der Waals surface area contributed by atoms with E-state index in [1.807, 2.05) is 49.6 Å². The number of fused-ring (bicyclic) bond motifs is 2. The third kappa shape index (κ3) is 2.51. The van der Waals surface area contributed by atoms with Crippen LogP contribution in [-0.4, -0.2) is 5.11 Å². The van der Waals surface area contributed by atoms with Crippen molar-refractivity contribution in [3.8, 4) is 17.0 Å². The molecule has 2 nitrogen and oxygen atoms in total. The van der Waals surface area contributed by atoms with E-state index in [2.05, 4.69) is 19.9 Å². The van der Waals surface area contributed by atoms with E-state index in [-0.39, 0.29) is 11.6 Å². The number of halogens is 1. The summed E-state index contributed by atoms with van der Waals surface area (Å²) in [4.78, 5) is 0. The fourth-order valence-electron chi connectivity index (χ4n) is 3.62. The van der Waals surface area contributed by atoms with Crippen LogP contribution in [0.2, 0.25) is 0 Å². The molecule has 1 N–H and O–H groups in total. The van der Waals surface area contributed by atoms with E-state index in [1.165, 1.54) is 0 Å². The van der Waals surface area contributed by atoms with Crippen molar-refractivity contribution in [2.45, 2.75) is 19.8 Å². The summed E-state index contributed by atoms with van der Waals surface area (Å²) in [6.07, 6.45) is 1.94. The van der Waals surface area contributed by atoms with Crippen LogP contribution in [-0.2, 0) is 7.05 Å². The van der Waals surface area contributed by atoms with Gasteiger partial charge in [0.05, 0.1) is 5.56 Å². The van der Waals surface area contributed by atoms with Gasteiger partial charge < -0.3 is 5.11 Å². The van der Waals surface area contributed by atoms with Gasteiger partial charge in [0.25, 0.3) is 0 Å². The van der Waals surface area contributed by atoms with Crippen LogP contribution in [0.4, 0.5) is 4.39 Å². The summed E-state index contributed by atoms with van der Waals surface area (Å²) in [6.45, 7) is 4.21. The number of phenols is 1. The Morgan fingerprint density at radius 2 is 1.69 bits per heavy atom. The number of hydrogen-bond acceptors (Lipinski definition) is 1. The Balaban J connectivity index is 2.09. The lowest BCUT2D eigenvalue weighted by atomic mass is 9.96. The molecule has 0 atom stereocenters. The molecule has 0 fully saturated rings. The van der Waals surface area contributed by atoms with Gasteiger partial charge in [-0.3, -0.25) is 0 Å². The highest BCUT2D eigenvalue weighted by molar-refractivity contribution is 6.00. The van der Waals surface area contributed by atoms with E-state index >= 15 is 4.39 Å². The zero-order chi connectivity index (χ0) is 18.4. The number of benzene rings is 3. The third-order valence-corrected chi connectivity index (χ3v) is 5.01. The minimum atomic E-state index is -0.261. The molecule has 1 aromatic heterocycles. The summed E-state index contributed by atoms with van der Waals surface area (Å²) in [7, 11) is 1.84. The first-order valence-corrected chi connectivity index (χ1v) is 8.80. The van der Waals surface area contributed by atoms with Crippen molar-refractivity contribution >= 4 is 21.5 Å². The fraction of sp³-hybridized carbons (Fsp3) is 0.174. The molecule has 130 valence electrons. The van der Waals surface area contributed by atoms with Gasteiger partial charge in [-0.1, -0.05) is 44.2 Å². The molecule has 3 aromatic carbocycles. The summed E-state index contributed by atoms with van der Waals surface area (Å²) in [5.41, 5.74) is 2.28. The molecule has 0 aliphatic rings. The second kappa shape index (κ2) is 6.10. The Labute approximate surface area is 152 Å². The maximum Gasteiger partial charge on any atom is 0.249 e. The molecule has 0 aliphatic heterocycles. The zero-order valence-corrected chi connectivity index (χ0v) is 15.1. The highest BCUT2D eigenvalue weighted by atomic mass is 19.1. The number of hydrogen-bond donors (Lipinski definition) is 1. The average molecular weight is 346 g/mol. The third-order valence-electron chi connectivity index (χ3n) is 5.01. The predicted molar refractivity (Wildman–Crippen MR) is 104 cm³/mol. The molecule has 3 heteroatoms. The summed E-state index contributed by atoms with van der Waals surface area (Å²) in [5.74, 6) is 0.231. The van der Waals surface area contributed by atoms with Crippen molar-refractivity contribution in [3.63, 3.8) is 0 Å². The first kappa shape index (κ1) is 16.5. The predicted octanol–water partition coefficient (Wildman–Crippen LogP) is 5.45. The molecule has 4 aromatic rings. The van der Waals surface area contributed by atoms with E-state index < -0.39 is 0 Å². The summed E-state index contributed by atoms with van der Waals surface area (Å²) in [6, 6.07) is 17.0. The van der Waals surface area contributed by atoms with Crippen LogP contribution in [0.5, 0.6) is 5.75 Å². The Hall–Kier alpha value is -2.94. The van der Waals surface area contributed by atoms with Gasteiger partial charge in [0.15, 0.2) is 6.20 Å². The second-order valence-electron chi connectivity index (χ2n) is 7.08. The number of rotatable bonds is 2. The number of nitrogens with zero attached hydrogens (tertiary/aromatic N) is 1. The molecular formula is C23H21FNO+. The van der Waals surface area contributed by atoms with Crippen LogP contribution in [0.1, 0.15) is 25.3 Å². The average Bonchev–Trinajstić information content (AvgIpc) is 2.61. The molecule has 0 aliphatic carbocycles. The van der Waals surface area contributed by atoms with Gasteiger partial charge in [-0.25, -0.2) is 0 Å². The zero-order valence-electron chi connectivity index (χ0n) is 15.1. The van der Waals surface area contributed by atoms with Crippen LogP contribution < -0.4 is 4.57 Å². The van der Waals surface area contributed by atoms with Crippen LogP contribution in [0.15, 0.2) is 60.8 Å². The van der Waals surface area contributed by atoms with Gasteiger partial charge >= 0.3 is 0 Å². The summed E-state index contributed by atoms with van der Waals surface area (Å²) >= 11 is 0. The maximum atomic E-state index is 15.6. The standard InChI is InChI=1S/C23H20FNO/c1-14(2)16-10-11-17-13-25(3)23(22(24)19(17)12-16)18-8-4-6-15-7-5-9-20(26)21(15)18/h4-14H,1-3H3/p+1. The molecule has 0 amide bonds. The van der Waals surface area contributed by atoms with Crippen LogP contribution in [0.25, 0.3) is 32.8 Å². The molecule has 0 unspecified atom stereocenters. The lowest BCUT2D eigenvalue weighted by Crippen LogP contribution is -2.32. The summed E-state index contributed by atoms with van der Waals surface area (Å²) in [5, 5.41) is 13.4. The first-order chi connectivity index (χ1) is 12.5. The fourth-order valence-corrected chi connectivity index (χ4v) is 3.62. The molecule has 0 saturated carbocycles. The highest BCUT2D eigenvalue weighted by Crippen LogP contribution is 2.36. The Morgan fingerprint density at radius 3 is 2.42 bits per heavy atom. The topological polar surface area (TPSA) is 24.1 Å². The van der Waals surface area contributed by atoms with Crippen molar-refractivity contribution in [2.75, 3.05) is 0 Å². The minimum Gasteiger partial charge on any atom is -0.507 e. The monoisotopic (exact) mass is 346 g/mol. The van der Waals surface area contributed by atoms with Crippen molar-refractivity contribution in [1.29, 1.82) is 0 Å². The van der Waals surface area contributed by atoms with E-state index in [1.54, 1.807) is 16.7 Å². The Bertz CT molecular complexity index is 1140. The molecule has 0 bridgehead atoms. The number of pyridine rings is 1. The molecular weight excluding hydrogens is 325 g/mol. The van der Waals surface area contributed by atoms with E-state index in [4.69, 9.17) is 0 Å². The molecule has 26 heavy (non-hydrogen) atoms. The second-order valence-corrected chi connectivity index (χ2v) is 7.08. The number of aromatic hydroxyl groups is 1. The summed E-state index contributed by atoms with van der Waals surface area (Å²) < 4.78 is 17.4. The Morgan fingerprint density at radius 1 is 0.962 bits per heavy atom. The van der Waals surface area contributed by atoms with Crippen molar-refractivity contribution in [3.05, 3.63) is 72.2 Å². The molecule has 0 radical (unpaired) electrons.